The van der Waals surface area contributed by atoms with Gasteiger partial charge in [0.05, 0.1) is 12.4 Å². The molecule has 4 atom stereocenters. The fourth-order valence-corrected chi connectivity index (χ4v) is 9.15. The zero-order valence-electron chi connectivity index (χ0n) is 47.5. The predicted octanol–water partition coefficient (Wildman–Crippen LogP) is 1.02. The maximum Gasteiger partial charge on any atom is 0.326 e. The van der Waals surface area contributed by atoms with Crippen molar-refractivity contribution in [2.75, 3.05) is 75.0 Å². The molecule has 33 nitrogen and oxygen atoms in total. The number of carbonyl (C=O) groups is 13. The summed E-state index contributed by atoms with van der Waals surface area (Å²) >= 11 is 0. The van der Waals surface area contributed by atoms with Gasteiger partial charge in [0, 0.05) is 112 Å². The van der Waals surface area contributed by atoms with Crippen molar-refractivity contribution < 1.29 is 97.4 Å². The smallest absolute Gasteiger partial charge is 0.326 e. The van der Waals surface area contributed by atoms with E-state index in [1.54, 1.807) is 0 Å². The van der Waals surface area contributed by atoms with Crippen LogP contribution < -0.4 is 37.2 Å². The summed E-state index contributed by atoms with van der Waals surface area (Å²) < 4.78 is 14.0. The van der Waals surface area contributed by atoms with Crippen LogP contribution in [0, 0.1) is 0 Å². The third-order valence-corrected chi connectivity index (χ3v) is 13.9. The molecule has 0 saturated carbocycles. The van der Waals surface area contributed by atoms with Gasteiger partial charge < -0.3 is 87.5 Å². The van der Waals surface area contributed by atoms with Crippen LogP contribution in [0.2, 0.25) is 0 Å². The SMILES string of the molecule is O=C(O)CCC(NC(=O)N[C@@H](Cc1ccc(NC(=O)N2CCN(C(=O)c3cc(NC(=O)Cn4cc(CCCF)nn4)cc(C(=O)N4CCN(C(=O)Nc5ccc(C[C@H](NC(=O)N[C@@H](CCC(=O)O)C(=O)O)C(=O)O)cc5)CC4)c3)CC2)cc1)C(=O)O)C(=O)O. The van der Waals surface area contributed by atoms with Gasteiger partial charge in [0.2, 0.25) is 5.91 Å². The van der Waals surface area contributed by atoms with Gasteiger partial charge in [0.25, 0.3) is 11.8 Å². The molecule has 2 saturated heterocycles. The molecule has 89 heavy (non-hydrogen) atoms. The van der Waals surface area contributed by atoms with Crippen molar-refractivity contribution in [3.63, 3.8) is 0 Å². The number of halogens is 1. The summed E-state index contributed by atoms with van der Waals surface area (Å²) in [5.41, 5.74) is 2.01. The Hall–Kier alpha value is -11.0. The first-order chi connectivity index (χ1) is 42.3. The van der Waals surface area contributed by atoms with E-state index in [0.717, 1.165) is 0 Å². The standard InChI is InChI=1S/C55H65FN14O19/c56-15-1-2-37-29-70(65-64-37)30-43(71)57-38-27-33(46(76)66-16-20-68(21-17-66)54(88)58-35-7-3-31(4-8-35)24-41(50(82)83)62-52(86)60-39(48(78)79)11-13-44(72)73)26-34(28-38)47(77)67-18-22-69(23-19-67)55(89)59-36-9-5-32(6-10-36)25-42(51(84)85)63-53(87)61-40(49(80)81)12-14-45(74)75/h3-10,26-29,39-42H,1-2,11-25,30H2,(H,57,71)(H,58,88)(H,59,89)(H,72,73)(H,74,75)(H,78,79)(H,80,81)(H,82,83)(H,84,85)(H2,60,62,86)(H2,61,63,87)/t39-,40?,41-,42-/m0/s1. The molecule has 13 N–H and O–H groups in total. The Labute approximate surface area is 504 Å². The summed E-state index contributed by atoms with van der Waals surface area (Å²) in [7, 11) is 0. The van der Waals surface area contributed by atoms with Crippen molar-refractivity contribution in [3.8, 4) is 0 Å². The summed E-state index contributed by atoms with van der Waals surface area (Å²) in [5.74, 6) is -10.2. The van der Waals surface area contributed by atoms with Gasteiger partial charge in [-0.25, -0.2) is 43.0 Å². The molecule has 2 fully saturated rings. The third kappa shape index (κ3) is 20.9. The molecule has 3 aromatic carbocycles. The van der Waals surface area contributed by atoms with Crippen LogP contribution in [0.15, 0.2) is 72.9 Å². The van der Waals surface area contributed by atoms with E-state index in [4.69, 9.17) is 10.2 Å². The number of hydrogen-bond donors (Lipinski definition) is 13. The van der Waals surface area contributed by atoms with Crippen LogP contribution >= 0.6 is 0 Å². The second-order valence-electron chi connectivity index (χ2n) is 20.4. The Balaban J connectivity index is 1.04. The quantitative estimate of drug-likeness (QED) is 0.0377. The lowest BCUT2D eigenvalue weighted by Gasteiger charge is -2.35. The van der Waals surface area contributed by atoms with Crippen molar-refractivity contribution in [1.82, 2.24) is 55.9 Å². The number of carbonyl (C=O) groups excluding carboxylic acids is 7. The van der Waals surface area contributed by atoms with Crippen LogP contribution in [-0.4, -0.2) is 226 Å². The second kappa shape index (κ2) is 32.0. The average Bonchev–Trinajstić information content (AvgIpc) is 1.97. The third-order valence-electron chi connectivity index (χ3n) is 13.9. The van der Waals surface area contributed by atoms with Gasteiger partial charge in [-0.1, -0.05) is 29.5 Å². The van der Waals surface area contributed by atoms with Gasteiger partial charge in [0.15, 0.2) is 0 Å². The lowest BCUT2D eigenvalue weighted by molar-refractivity contribution is -0.142. The first-order valence-electron chi connectivity index (χ1n) is 27.6. The number of benzene rings is 3. The molecule has 4 aromatic rings. The normalized spacial score (nSPS) is 14.3. The monoisotopic (exact) mass is 1240 g/mol. The van der Waals surface area contributed by atoms with E-state index in [1.807, 2.05) is 0 Å². The van der Waals surface area contributed by atoms with E-state index in [0.29, 0.717) is 34.6 Å². The minimum atomic E-state index is -1.59. The molecule has 1 unspecified atom stereocenters. The van der Waals surface area contributed by atoms with Gasteiger partial charge in [-0.15, -0.1) is 5.10 Å². The largest absolute Gasteiger partial charge is 0.481 e. The second-order valence-corrected chi connectivity index (χ2v) is 20.4. The highest BCUT2D eigenvalue weighted by Gasteiger charge is 2.31. The molecule has 476 valence electrons. The van der Waals surface area contributed by atoms with Crippen LogP contribution in [0.25, 0.3) is 0 Å². The van der Waals surface area contributed by atoms with Crippen molar-refractivity contribution in [2.24, 2.45) is 0 Å². The van der Waals surface area contributed by atoms with Gasteiger partial charge in [0.1, 0.15) is 30.7 Å². The number of aromatic nitrogens is 3. The first kappa shape index (κ1) is 67.2. The van der Waals surface area contributed by atoms with Crippen molar-refractivity contribution >= 4 is 94.7 Å². The molecule has 34 heteroatoms. The van der Waals surface area contributed by atoms with E-state index < -0.39 is 134 Å². The zero-order chi connectivity index (χ0) is 64.9. The minimum Gasteiger partial charge on any atom is -0.481 e. The van der Waals surface area contributed by atoms with E-state index >= 15 is 0 Å². The van der Waals surface area contributed by atoms with E-state index in [1.165, 1.54) is 97.2 Å². The molecular formula is C55H65FN14O19. The highest BCUT2D eigenvalue weighted by Crippen LogP contribution is 2.22. The molecule has 0 radical (unpaired) electrons. The number of piperazine rings is 2. The van der Waals surface area contributed by atoms with Crippen molar-refractivity contribution in [1.29, 1.82) is 0 Å². The molecule has 1 aromatic heterocycles. The lowest BCUT2D eigenvalue weighted by atomic mass is 10.1. The van der Waals surface area contributed by atoms with E-state index in [9.17, 15) is 87.1 Å². The Morgan fingerprint density at radius 2 is 0.865 bits per heavy atom. The van der Waals surface area contributed by atoms with Crippen LogP contribution in [-0.2, 0) is 59.4 Å². The van der Waals surface area contributed by atoms with Crippen molar-refractivity contribution in [3.05, 3.63) is 101 Å². The summed E-state index contributed by atoms with van der Waals surface area (Å²) in [6.07, 6.45) is -0.520. The Morgan fingerprint density at radius 1 is 0.483 bits per heavy atom. The number of aryl methyl sites for hydroxylation is 1. The average molecular weight is 1250 g/mol. The molecule has 6 rings (SSSR count). The summed E-state index contributed by atoms with van der Waals surface area (Å²) in [5, 5.41) is 80.4. The number of carboxylic acids is 6. The number of anilines is 3. The van der Waals surface area contributed by atoms with Crippen LogP contribution in [0.3, 0.4) is 0 Å². The topological polar surface area (TPSA) is 471 Å². The van der Waals surface area contributed by atoms with Gasteiger partial charge in [-0.2, -0.15) is 0 Å². The molecule has 0 bridgehead atoms. The van der Waals surface area contributed by atoms with Gasteiger partial charge in [-0.05, 0) is 79.3 Å². The minimum absolute atomic E-state index is 0.0164. The van der Waals surface area contributed by atoms with Gasteiger partial charge in [-0.3, -0.25) is 28.4 Å². The molecule has 0 aliphatic carbocycles. The molecule has 0 spiro atoms. The number of carboxylic acid groups (broad SMARTS) is 6. The maximum atomic E-state index is 14.2. The number of urea groups is 4. The molecule has 3 heterocycles. The highest BCUT2D eigenvalue weighted by molar-refractivity contribution is 6.03. The van der Waals surface area contributed by atoms with Crippen LogP contribution in [0.5, 0.6) is 0 Å². The van der Waals surface area contributed by atoms with E-state index in [2.05, 4.69) is 47.5 Å². The molecule has 2 aliphatic rings. The number of nitrogens with zero attached hydrogens (tertiary/aromatic N) is 7. The lowest BCUT2D eigenvalue weighted by Crippen LogP contribution is -2.52. The first-order valence-corrected chi connectivity index (χ1v) is 27.6. The molecule has 11 amide bonds. The number of rotatable bonds is 28. The molecule has 2 aliphatic heterocycles. The number of aliphatic carboxylic acids is 6. The fourth-order valence-electron chi connectivity index (χ4n) is 9.15. The highest BCUT2D eigenvalue weighted by atomic mass is 19.1. The van der Waals surface area contributed by atoms with Gasteiger partial charge >= 0.3 is 59.9 Å². The summed E-state index contributed by atoms with van der Waals surface area (Å²) in [4.78, 5) is 168. The number of nitrogens with one attached hydrogen (secondary N) is 7. The number of amides is 11. The Morgan fingerprint density at radius 3 is 1.24 bits per heavy atom. The number of hydrogen-bond acceptors (Lipinski definition) is 15. The Kier molecular flexibility index (Phi) is 24.1. The summed E-state index contributed by atoms with van der Waals surface area (Å²) in [6, 6.07) is 6.49. The van der Waals surface area contributed by atoms with Crippen molar-refractivity contribution in [2.45, 2.75) is 82.1 Å². The Bertz CT molecular complexity index is 3100. The zero-order valence-corrected chi connectivity index (χ0v) is 47.5. The number of alkyl halides is 1. The predicted molar refractivity (Wildman–Crippen MR) is 305 cm³/mol. The summed E-state index contributed by atoms with van der Waals surface area (Å²) in [6.45, 7) is -0.482. The van der Waals surface area contributed by atoms with Crippen LogP contribution in [0.4, 0.5) is 40.6 Å². The van der Waals surface area contributed by atoms with Crippen LogP contribution in [0.1, 0.15) is 69.6 Å². The fraction of sp³-hybridized carbons (Fsp3) is 0.400. The van der Waals surface area contributed by atoms with E-state index in [-0.39, 0.29) is 95.0 Å². The molecular weight excluding hydrogens is 1180 g/mol. The maximum absolute atomic E-state index is 14.2.